The van der Waals surface area contributed by atoms with E-state index in [2.05, 4.69) is 10.1 Å². The zero-order valence-electron chi connectivity index (χ0n) is 18.5. The molecule has 1 N–H and O–H groups in total. The normalized spacial score (nSPS) is 20.6. The van der Waals surface area contributed by atoms with Gasteiger partial charge in [-0.25, -0.2) is 9.37 Å². The Kier molecular flexibility index (Phi) is 5.75. The first-order valence-corrected chi connectivity index (χ1v) is 11.0. The van der Waals surface area contributed by atoms with Gasteiger partial charge in [0.05, 0.1) is 7.11 Å². The summed E-state index contributed by atoms with van der Waals surface area (Å²) in [5.41, 5.74) is 2.72. The van der Waals surface area contributed by atoms with Crippen LogP contribution in [0.4, 0.5) is 8.78 Å². The molecule has 2 aliphatic rings. The number of oxime groups is 1. The summed E-state index contributed by atoms with van der Waals surface area (Å²) in [6.07, 6.45) is 5.04. The van der Waals surface area contributed by atoms with Gasteiger partial charge in [-0.15, -0.1) is 0 Å². The number of methoxy groups -OCH3 is 1. The van der Waals surface area contributed by atoms with Crippen LogP contribution in [0.2, 0.25) is 0 Å². The second-order valence-corrected chi connectivity index (χ2v) is 8.21. The van der Waals surface area contributed by atoms with Gasteiger partial charge in [-0.2, -0.15) is 4.39 Å². The molecule has 0 radical (unpaired) electrons. The van der Waals surface area contributed by atoms with Crippen LogP contribution < -0.4 is 4.74 Å². The van der Waals surface area contributed by atoms with Crippen molar-refractivity contribution in [3.8, 4) is 16.9 Å². The third-order valence-corrected chi connectivity index (χ3v) is 6.20. The van der Waals surface area contributed by atoms with Crippen molar-refractivity contribution in [2.45, 2.75) is 18.6 Å². The molecule has 1 aromatic heterocycles. The summed E-state index contributed by atoms with van der Waals surface area (Å²) < 4.78 is 32.7. The van der Waals surface area contributed by atoms with Crippen LogP contribution in [-0.4, -0.2) is 41.1 Å². The van der Waals surface area contributed by atoms with Crippen LogP contribution in [0.25, 0.3) is 17.2 Å². The van der Waals surface area contributed by atoms with Crippen LogP contribution in [0.15, 0.2) is 71.5 Å². The number of amidine groups is 1. The van der Waals surface area contributed by atoms with Crippen LogP contribution in [0.1, 0.15) is 24.0 Å². The molecule has 8 heteroatoms. The third kappa shape index (κ3) is 3.80. The molecule has 2 aliphatic heterocycles. The maximum Gasteiger partial charge on any atom is 0.260 e. The minimum Gasteiger partial charge on any atom is -0.496 e. The molecular formula is C26H23F2N3O3. The Labute approximate surface area is 195 Å². The fourth-order valence-corrected chi connectivity index (χ4v) is 4.51. The Bertz CT molecular complexity index is 1280. The fraction of sp³-hybridized carbons (Fsp3) is 0.231. The molecule has 0 saturated carbocycles. The summed E-state index contributed by atoms with van der Waals surface area (Å²) in [7, 11) is 1.57. The average Bonchev–Trinajstić information content (AvgIpc) is 3.25. The molecule has 1 saturated heterocycles. The van der Waals surface area contributed by atoms with Gasteiger partial charge in [0.15, 0.2) is 5.84 Å². The molecule has 1 atom stereocenters. The van der Waals surface area contributed by atoms with Gasteiger partial charge in [0, 0.05) is 29.9 Å². The van der Waals surface area contributed by atoms with Crippen LogP contribution in [0.3, 0.4) is 0 Å². The molecule has 0 bridgehead atoms. The second kappa shape index (κ2) is 8.87. The van der Waals surface area contributed by atoms with Crippen molar-refractivity contribution in [2.75, 3.05) is 20.3 Å². The molecule has 3 aromatic rings. The van der Waals surface area contributed by atoms with E-state index in [-0.39, 0.29) is 12.4 Å². The highest BCUT2D eigenvalue weighted by molar-refractivity contribution is 6.03. The highest BCUT2D eigenvalue weighted by Crippen LogP contribution is 2.40. The summed E-state index contributed by atoms with van der Waals surface area (Å²) in [4.78, 5) is 11.3. The van der Waals surface area contributed by atoms with Gasteiger partial charge in [0.2, 0.25) is 5.95 Å². The van der Waals surface area contributed by atoms with E-state index in [9.17, 15) is 13.9 Å². The Balaban J connectivity index is 1.47. The molecular weight excluding hydrogens is 440 g/mol. The summed E-state index contributed by atoms with van der Waals surface area (Å²) >= 11 is 0. The van der Waals surface area contributed by atoms with E-state index in [1.165, 1.54) is 24.4 Å². The minimum absolute atomic E-state index is 0.329. The first-order chi connectivity index (χ1) is 16.5. The number of hydrogen-bond acceptors (Lipinski definition) is 6. The van der Waals surface area contributed by atoms with Crippen molar-refractivity contribution in [1.82, 2.24) is 9.88 Å². The van der Waals surface area contributed by atoms with Crippen molar-refractivity contribution < 1.29 is 23.5 Å². The lowest BCUT2D eigenvalue weighted by molar-refractivity contribution is -0.137. The van der Waals surface area contributed by atoms with Crippen LogP contribution >= 0.6 is 0 Å². The van der Waals surface area contributed by atoms with E-state index < -0.39 is 11.7 Å². The average molecular weight is 463 g/mol. The minimum atomic E-state index is -1.19. The van der Waals surface area contributed by atoms with E-state index in [0.29, 0.717) is 29.3 Å². The van der Waals surface area contributed by atoms with Gasteiger partial charge in [0.1, 0.15) is 18.2 Å². The second-order valence-electron chi connectivity index (χ2n) is 8.21. The summed E-state index contributed by atoms with van der Waals surface area (Å²) in [6.45, 7) is 0.313. The Morgan fingerprint density at radius 1 is 1.15 bits per heavy atom. The number of aliphatic hydroxyl groups is 1. The number of pyridine rings is 1. The van der Waals surface area contributed by atoms with Crippen molar-refractivity contribution in [1.29, 1.82) is 0 Å². The number of benzene rings is 2. The van der Waals surface area contributed by atoms with Gasteiger partial charge < -0.3 is 19.6 Å². The SMILES string of the molecule is COc1cc(C=C2CCCN3C2=NOC3(CO)c2ccc(F)cc2)ccc1-c1ccnc(F)c1. The van der Waals surface area contributed by atoms with Crippen LogP contribution in [-0.2, 0) is 10.6 Å². The molecule has 6 nitrogen and oxygen atoms in total. The number of nitrogens with zero attached hydrogens (tertiary/aromatic N) is 3. The highest BCUT2D eigenvalue weighted by Gasteiger charge is 2.49. The Morgan fingerprint density at radius 3 is 2.71 bits per heavy atom. The lowest BCUT2D eigenvalue weighted by Crippen LogP contribution is -2.51. The summed E-state index contributed by atoms with van der Waals surface area (Å²) in [6, 6.07) is 14.7. The maximum absolute atomic E-state index is 13.6. The number of rotatable bonds is 5. The van der Waals surface area contributed by atoms with Crippen molar-refractivity contribution in [2.24, 2.45) is 5.16 Å². The molecule has 0 spiro atoms. The molecule has 2 aromatic carbocycles. The summed E-state index contributed by atoms with van der Waals surface area (Å²) in [5, 5.41) is 14.6. The van der Waals surface area contributed by atoms with Crippen LogP contribution in [0, 0.1) is 11.8 Å². The molecule has 3 heterocycles. The van der Waals surface area contributed by atoms with Crippen molar-refractivity contribution in [3.05, 3.63) is 89.3 Å². The predicted octanol–water partition coefficient (Wildman–Crippen LogP) is 4.70. The monoisotopic (exact) mass is 463 g/mol. The van der Waals surface area contributed by atoms with E-state index in [1.54, 1.807) is 25.3 Å². The van der Waals surface area contributed by atoms with Gasteiger partial charge in [-0.05, 0) is 72.0 Å². The lowest BCUT2D eigenvalue weighted by atomic mass is 9.94. The standard InChI is InChI=1S/C26H23F2N3O3/c1-33-23-14-17(4-9-22(23)18-10-11-29-24(28)15-18)13-19-3-2-12-31-25(19)30-34-26(31,16-32)20-5-7-21(27)8-6-20/h4-11,13-15,32H,2-3,12,16H2,1H3. The van der Waals surface area contributed by atoms with E-state index in [0.717, 1.165) is 29.5 Å². The Hall–Kier alpha value is -3.78. The molecule has 5 rings (SSSR count). The van der Waals surface area contributed by atoms with Gasteiger partial charge >= 0.3 is 0 Å². The molecule has 1 fully saturated rings. The molecule has 0 amide bonds. The molecule has 34 heavy (non-hydrogen) atoms. The zero-order valence-corrected chi connectivity index (χ0v) is 18.5. The van der Waals surface area contributed by atoms with Crippen molar-refractivity contribution >= 4 is 11.9 Å². The smallest absolute Gasteiger partial charge is 0.260 e. The topological polar surface area (TPSA) is 67.2 Å². The Morgan fingerprint density at radius 2 is 1.97 bits per heavy atom. The third-order valence-electron chi connectivity index (χ3n) is 6.20. The number of aromatic nitrogens is 1. The van der Waals surface area contributed by atoms with Gasteiger partial charge in [0.25, 0.3) is 5.72 Å². The van der Waals surface area contributed by atoms with Gasteiger partial charge in [-0.1, -0.05) is 17.3 Å². The maximum atomic E-state index is 13.6. The molecule has 174 valence electrons. The first kappa shape index (κ1) is 22.0. The number of hydrogen-bond donors (Lipinski definition) is 1. The number of ether oxygens (including phenoxy) is 1. The first-order valence-electron chi connectivity index (χ1n) is 11.0. The predicted molar refractivity (Wildman–Crippen MR) is 124 cm³/mol. The zero-order chi connectivity index (χ0) is 23.7. The number of halogens is 2. The fourth-order valence-electron chi connectivity index (χ4n) is 4.51. The largest absolute Gasteiger partial charge is 0.496 e. The number of aliphatic hydroxyl groups excluding tert-OH is 1. The van der Waals surface area contributed by atoms with Gasteiger partial charge in [-0.3, -0.25) is 0 Å². The molecule has 1 unspecified atom stereocenters. The number of fused-ring (bicyclic) bond motifs is 1. The molecule has 0 aliphatic carbocycles. The lowest BCUT2D eigenvalue weighted by Gasteiger charge is -2.38. The van der Waals surface area contributed by atoms with Crippen molar-refractivity contribution in [3.63, 3.8) is 0 Å². The highest BCUT2D eigenvalue weighted by atomic mass is 19.1. The van der Waals surface area contributed by atoms with Crippen LogP contribution in [0.5, 0.6) is 5.75 Å². The van der Waals surface area contributed by atoms with E-state index in [4.69, 9.17) is 9.57 Å². The van der Waals surface area contributed by atoms with E-state index in [1.807, 2.05) is 29.2 Å². The number of piperidine rings is 1. The summed E-state index contributed by atoms with van der Waals surface area (Å²) in [5.74, 6) is 0.333. The quantitative estimate of drug-likeness (QED) is 0.556. The van der Waals surface area contributed by atoms with E-state index >= 15 is 0 Å².